The summed E-state index contributed by atoms with van der Waals surface area (Å²) in [6, 6.07) is 27.6. The Hall–Kier alpha value is -15.3. The Kier molecular flexibility index (Phi) is 29.4. The molecule has 131 heavy (non-hydrogen) atoms. The largest absolute Gasteiger partial charge is 0.494 e. The molecule has 0 atom stereocenters. The zero-order chi connectivity index (χ0) is 93.3. The smallest absolute Gasteiger partial charge is 0.330 e. The highest BCUT2D eigenvalue weighted by atomic mass is 32.2. The molecule has 35 heteroatoms. The Labute approximate surface area is 758 Å². The van der Waals surface area contributed by atoms with Crippen LogP contribution in [0.1, 0.15) is 117 Å². The first-order chi connectivity index (χ1) is 62.7. The maximum Gasteiger partial charge on any atom is 0.330 e. The third-order valence-electron chi connectivity index (χ3n) is 20.3. The van der Waals surface area contributed by atoms with Crippen LogP contribution in [0.3, 0.4) is 0 Å². The molecule has 1 saturated carbocycles. The molecule has 2 fully saturated rings. The van der Waals surface area contributed by atoms with E-state index in [-0.39, 0.29) is 39.9 Å². The topological polar surface area (TPSA) is 399 Å². The van der Waals surface area contributed by atoms with Crippen molar-refractivity contribution in [2.75, 3.05) is 66.1 Å². The SMILES string of the molecule is C=C(C)C(=O)Nc1ccc2ncn(-c3cncc(CC(C)(C)C)n3)c2c1.C=CC(=O)Nc1cc2c(cc1OC)ncn2-c1cncc(CC(C)(C)C)n1.C=CC(=O)Nc1ccc2ncn(-c3cncc(N4CCOCC4)n3)c2c1.C=CS(=O)(=O)Nc1ccc2ncn(-c3cc(CCC4CC4)ncn3)c2c1.COC(=O)/C=C/c1ccc2ncn(-c3cncc(CC(C)(C)C)n3)c2c1. The van der Waals surface area contributed by atoms with E-state index in [1.54, 1.807) is 144 Å². The molecule has 0 spiro atoms. The normalized spacial score (nSPS) is 12.7. The van der Waals surface area contributed by atoms with E-state index in [0.717, 1.165) is 157 Å². The summed E-state index contributed by atoms with van der Waals surface area (Å²) in [6.07, 6.45) is 36.9. The zero-order valence-electron chi connectivity index (χ0n) is 75.3. The van der Waals surface area contributed by atoms with E-state index in [9.17, 15) is 27.6 Å². The van der Waals surface area contributed by atoms with Gasteiger partial charge in [0.1, 0.15) is 55.3 Å². The molecule has 0 unspecified atom stereocenters. The van der Waals surface area contributed by atoms with E-state index < -0.39 is 10.0 Å². The van der Waals surface area contributed by atoms with Gasteiger partial charge in [0.15, 0.2) is 23.3 Å². The number of fused-ring (bicyclic) bond motifs is 5. The molecular weight excluding hydrogens is 1680 g/mol. The van der Waals surface area contributed by atoms with Gasteiger partial charge in [-0.25, -0.2) is 68.0 Å². The molecule has 5 aromatic carbocycles. The summed E-state index contributed by atoms with van der Waals surface area (Å²) < 4.78 is 50.6. The summed E-state index contributed by atoms with van der Waals surface area (Å²) in [7, 11) is -0.659. The number of hydrogen-bond acceptors (Lipinski definition) is 25. The van der Waals surface area contributed by atoms with Crippen LogP contribution in [-0.4, -0.2) is 170 Å². The van der Waals surface area contributed by atoms with Crippen LogP contribution in [0.5, 0.6) is 5.75 Å². The second kappa shape index (κ2) is 41.2. The number of carbonyl (C=O) groups excluding carboxylic acids is 4. The van der Waals surface area contributed by atoms with Crippen molar-refractivity contribution in [1.82, 2.24) is 97.6 Å². The number of amides is 3. The van der Waals surface area contributed by atoms with Gasteiger partial charge in [-0.2, -0.15) is 0 Å². The van der Waals surface area contributed by atoms with Gasteiger partial charge >= 0.3 is 5.97 Å². The fraction of sp³-hybridized carbons (Fsp3) is 0.281. The second-order valence-corrected chi connectivity index (χ2v) is 36.4. The van der Waals surface area contributed by atoms with Gasteiger partial charge in [-0.3, -0.25) is 61.9 Å². The lowest BCUT2D eigenvalue weighted by molar-refractivity contribution is -0.134. The molecule has 1 aliphatic carbocycles. The predicted molar refractivity (Wildman–Crippen MR) is 508 cm³/mol. The van der Waals surface area contributed by atoms with Gasteiger partial charge in [0, 0.05) is 77.9 Å². The average Bonchev–Trinajstić information content (AvgIpc) is 1.65. The molecule has 674 valence electrons. The number of hydrogen-bond donors (Lipinski definition) is 4. The quantitative estimate of drug-likeness (QED) is 0.0322. The highest BCUT2D eigenvalue weighted by molar-refractivity contribution is 7.95. The van der Waals surface area contributed by atoms with Gasteiger partial charge < -0.3 is 35.1 Å². The maximum atomic E-state index is 11.9. The minimum absolute atomic E-state index is 0.111. The van der Waals surface area contributed by atoms with Crippen LogP contribution in [0.2, 0.25) is 0 Å². The number of ether oxygens (including phenoxy) is 3. The van der Waals surface area contributed by atoms with Crippen molar-refractivity contribution in [1.29, 1.82) is 0 Å². The number of sulfonamides is 1. The monoisotopic (exact) mass is 1780 g/mol. The van der Waals surface area contributed by atoms with Crippen LogP contribution in [0, 0.1) is 22.2 Å². The van der Waals surface area contributed by atoms with Gasteiger partial charge in [-0.15, -0.1) is 0 Å². The molecule has 0 radical (unpaired) electrons. The van der Waals surface area contributed by atoms with Gasteiger partial charge in [0.25, 0.3) is 15.9 Å². The lowest BCUT2D eigenvalue weighted by atomic mass is 9.91. The molecule has 4 N–H and O–H groups in total. The van der Waals surface area contributed by atoms with Crippen molar-refractivity contribution in [2.24, 2.45) is 22.2 Å². The number of aromatic nitrogens is 20. The van der Waals surface area contributed by atoms with Crippen LogP contribution in [0.25, 0.3) is 90.3 Å². The molecule has 3 amide bonds. The third kappa shape index (κ3) is 25.4. The highest BCUT2D eigenvalue weighted by Crippen LogP contribution is 2.35. The minimum atomic E-state index is -3.56. The molecule has 15 aromatic rings. The standard InChI is InChI=1S/C20H23N5O2.C20H23N5O.C20H22N4O2.C18H18N6O2.C18H19N5O2S/c1-6-19(26)24-15-7-16-14(8-17(15)27-5)22-12-25(16)18-11-21-10-13(23-18)9-20(2,3)4;1-13(2)19(26)24-14-6-7-16-17(8-14)25(12-22-16)18-11-21-10-15(23-18)9-20(3,4)5;1-20(2,3)10-15-11-21-12-18(23-15)24-13-22-16-7-5-14(9-17(16)24)6-8-19(25)26-4;1-2-18(25)21-13-3-4-14-15(9-13)24(12-20-14)17-11-19-10-16(22-17)23-5-7-26-8-6-23;1-2-26(24,25)22-15-7-8-16-17(9-15)23(12-21-16)18-10-14(19-11-20-18)6-5-13-3-4-13/h6-8,10-12H,1,9H2,2-5H3,(H,24,26);6-8,10-12H,1,9H2,2-5H3,(H,24,26);5-9,11-13H,10H2,1-4H3;2-4,9-12H,1,5-8H2,(H,21,25);2,7-13,22H,1,3-6H2/b;;8-6+;;. The summed E-state index contributed by atoms with van der Waals surface area (Å²) in [6.45, 7) is 38.1. The number of morpholine rings is 1. The average molecular weight is 1790 g/mol. The maximum absolute atomic E-state index is 11.9. The van der Waals surface area contributed by atoms with Crippen molar-refractivity contribution in [3.63, 3.8) is 0 Å². The molecule has 10 aromatic heterocycles. The number of carbonyl (C=O) groups is 4. The molecular formula is C96H105N25O9S. The van der Waals surface area contributed by atoms with E-state index >= 15 is 0 Å². The van der Waals surface area contributed by atoms with Crippen LogP contribution >= 0.6 is 0 Å². The van der Waals surface area contributed by atoms with E-state index in [1.807, 2.05) is 77.4 Å². The fourth-order valence-electron chi connectivity index (χ4n) is 13.9. The minimum Gasteiger partial charge on any atom is -0.494 e. The third-order valence-corrected chi connectivity index (χ3v) is 21.2. The first-order valence-electron chi connectivity index (χ1n) is 42.3. The Balaban J connectivity index is 0.000000139. The van der Waals surface area contributed by atoms with Gasteiger partial charge in [0.05, 0.1) is 142 Å². The van der Waals surface area contributed by atoms with Crippen LogP contribution in [0.15, 0.2) is 234 Å². The van der Waals surface area contributed by atoms with E-state index in [1.165, 1.54) is 38.2 Å². The number of methoxy groups -OCH3 is 2. The Morgan fingerprint density at radius 1 is 0.489 bits per heavy atom. The van der Waals surface area contributed by atoms with Crippen molar-refractivity contribution >= 4 is 124 Å². The first kappa shape index (κ1) is 93.4. The van der Waals surface area contributed by atoms with Crippen LogP contribution in [0.4, 0.5) is 28.6 Å². The second-order valence-electron chi connectivity index (χ2n) is 34.8. The van der Waals surface area contributed by atoms with E-state index in [0.29, 0.717) is 64.7 Å². The van der Waals surface area contributed by atoms with Crippen molar-refractivity contribution in [2.45, 2.75) is 114 Å². The summed E-state index contributed by atoms with van der Waals surface area (Å²) in [5.41, 5.74) is 15.9. The number of esters is 1. The van der Waals surface area contributed by atoms with E-state index in [4.69, 9.17) is 29.4 Å². The van der Waals surface area contributed by atoms with Crippen molar-refractivity contribution in [3.05, 3.63) is 262 Å². The van der Waals surface area contributed by atoms with Crippen LogP contribution < -0.4 is 30.3 Å². The number of rotatable bonds is 24. The van der Waals surface area contributed by atoms with Crippen LogP contribution in [-0.2, 0) is 64.4 Å². The number of anilines is 5. The molecule has 0 bridgehead atoms. The van der Waals surface area contributed by atoms with Crippen molar-refractivity contribution < 1.29 is 41.8 Å². The highest BCUT2D eigenvalue weighted by Gasteiger charge is 2.24. The number of imidazole rings is 5. The Morgan fingerprint density at radius 2 is 0.924 bits per heavy atom. The van der Waals surface area contributed by atoms with Gasteiger partial charge in [-0.1, -0.05) is 108 Å². The number of aryl methyl sites for hydroxylation is 1. The summed E-state index contributed by atoms with van der Waals surface area (Å²) in [5.74, 6) is 4.51. The first-order valence-corrected chi connectivity index (χ1v) is 43.8. The molecule has 2 aliphatic rings. The Morgan fingerprint density at radius 3 is 1.40 bits per heavy atom. The summed E-state index contributed by atoms with van der Waals surface area (Å²) in [5, 5.41) is 9.22. The number of nitrogens with zero attached hydrogens (tertiary/aromatic N) is 21. The van der Waals surface area contributed by atoms with E-state index in [2.05, 4.69) is 174 Å². The lowest BCUT2D eigenvalue weighted by Crippen LogP contribution is -2.36. The summed E-state index contributed by atoms with van der Waals surface area (Å²) in [4.78, 5) is 116. The molecule has 1 saturated heterocycles. The zero-order valence-corrected chi connectivity index (χ0v) is 76.1. The molecule has 17 rings (SSSR count). The number of benzene rings is 5. The molecule has 11 heterocycles. The Bertz CT molecular complexity index is 6880. The fourth-order valence-corrected chi connectivity index (χ4v) is 14.4. The van der Waals surface area contributed by atoms with Gasteiger partial charge in [-0.05, 0) is 158 Å². The molecule has 34 nitrogen and oxygen atoms in total. The predicted octanol–water partition coefficient (Wildman–Crippen LogP) is 15.9. The van der Waals surface area contributed by atoms with Gasteiger partial charge in [0.2, 0.25) is 11.8 Å². The summed E-state index contributed by atoms with van der Waals surface area (Å²) >= 11 is 0. The lowest BCUT2D eigenvalue weighted by Gasteiger charge is -2.27. The number of nitrogens with one attached hydrogen (secondary N) is 4. The van der Waals surface area contributed by atoms with Crippen molar-refractivity contribution in [3.8, 4) is 34.8 Å². The molecule has 1 aliphatic heterocycles.